The van der Waals surface area contributed by atoms with E-state index in [1.807, 2.05) is 13.0 Å². The molecule has 0 radical (unpaired) electrons. The zero-order valence-corrected chi connectivity index (χ0v) is 21.7. The molecule has 4 rings (SSSR count). The monoisotopic (exact) mass is 543 g/mol. The molecule has 4 aromatic rings. The molecule has 10 heteroatoms. The SMILES string of the molecule is CCOc1ccc(NS(=O)(=O)c2ccc(NC(=O)/C(=C/c3cccc([N+](=O)[O-])c3)c3ccccc3)cc2)cc1. The van der Waals surface area contributed by atoms with Gasteiger partial charge in [-0.05, 0) is 72.7 Å². The second kappa shape index (κ2) is 12.1. The highest BCUT2D eigenvalue weighted by Gasteiger charge is 2.17. The van der Waals surface area contributed by atoms with Crippen molar-refractivity contribution in [2.45, 2.75) is 11.8 Å². The minimum Gasteiger partial charge on any atom is -0.494 e. The first-order valence-corrected chi connectivity index (χ1v) is 13.4. The molecule has 39 heavy (non-hydrogen) atoms. The summed E-state index contributed by atoms with van der Waals surface area (Å²) in [7, 11) is -3.86. The maximum atomic E-state index is 13.3. The molecular formula is C29H25N3O6S. The van der Waals surface area contributed by atoms with E-state index < -0.39 is 20.9 Å². The highest BCUT2D eigenvalue weighted by Crippen LogP contribution is 2.24. The van der Waals surface area contributed by atoms with Crippen molar-refractivity contribution in [3.05, 3.63) is 124 Å². The van der Waals surface area contributed by atoms with Crippen LogP contribution >= 0.6 is 0 Å². The Morgan fingerprint density at radius 3 is 2.21 bits per heavy atom. The van der Waals surface area contributed by atoms with E-state index in [4.69, 9.17) is 4.74 Å². The van der Waals surface area contributed by atoms with Crippen LogP contribution in [0.15, 0.2) is 108 Å². The Labute approximate surface area is 226 Å². The smallest absolute Gasteiger partial charge is 0.270 e. The molecule has 0 atom stereocenters. The van der Waals surface area contributed by atoms with Crippen LogP contribution in [0.5, 0.6) is 5.75 Å². The third-order valence-corrected chi connectivity index (χ3v) is 6.96. The van der Waals surface area contributed by atoms with Crippen molar-refractivity contribution >= 4 is 44.6 Å². The van der Waals surface area contributed by atoms with Crippen molar-refractivity contribution in [1.29, 1.82) is 0 Å². The number of nitrogens with one attached hydrogen (secondary N) is 2. The summed E-state index contributed by atoms with van der Waals surface area (Å²) in [6.07, 6.45) is 1.57. The number of nitrogens with zero attached hydrogens (tertiary/aromatic N) is 1. The second-order valence-corrected chi connectivity index (χ2v) is 10.00. The van der Waals surface area contributed by atoms with Crippen molar-refractivity contribution in [1.82, 2.24) is 0 Å². The average Bonchev–Trinajstić information content (AvgIpc) is 2.93. The van der Waals surface area contributed by atoms with Gasteiger partial charge in [0.2, 0.25) is 0 Å². The van der Waals surface area contributed by atoms with Crippen LogP contribution in [0.1, 0.15) is 18.1 Å². The number of hydrogen-bond donors (Lipinski definition) is 2. The molecular weight excluding hydrogens is 518 g/mol. The zero-order chi connectivity index (χ0) is 27.8. The minimum absolute atomic E-state index is 0.0183. The first-order chi connectivity index (χ1) is 18.7. The third kappa shape index (κ3) is 7.08. The van der Waals surface area contributed by atoms with Gasteiger partial charge in [0.25, 0.3) is 21.6 Å². The lowest BCUT2D eigenvalue weighted by Crippen LogP contribution is -2.15. The molecule has 2 N–H and O–H groups in total. The first-order valence-electron chi connectivity index (χ1n) is 11.9. The molecule has 0 spiro atoms. The van der Waals surface area contributed by atoms with Gasteiger partial charge in [0.1, 0.15) is 5.75 Å². The predicted octanol–water partition coefficient (Wildman–Crippen LogP) is 5.97. The molecule has 0 aliphatic carbocycles. The highest BCUT2D eigenvalue weighted by atomic mass is 32.2. The van der Waals surface area contributed by atoms with Crippen LogP contribution in [-0.2, 0) is 14.8 Å². The van der Waals surface area contributed by atoms with Crippen molar-refractivity contribution in [2.24, 2.45) is 0 Å². The van der Waals surface area contributed by atoms with Crippen molar-refractivity contribution in [2.75, 3.05) is 16.6 Å². The van der Waals surface area contributed by atoms with Gasteiger partial charge in [-0.15, -0.1) is 0 Å². The second-order valence-electron chi connectivity index (χ2n) is 8.32. The number of carbonyl (C=O) groups excluding carboxylic acids is 1. The van der Waals surface area contributed by atoms with E-state index in [1.165, 1.54) is 36.4 Å². The van der Waals surface area contributed by atoms with Crippen LogP contribution in [0.2, 0.25) is 0 Å². The molecule has 0 unspecified atom stereocenters. The number of nitro benzene ring substituents is 1. The first kappa shape index (κ1) is 27.1. The Hall–Kier alpha value is -4.96. The van der Waals surface area contributed by atoms with Crippen LogP contribution in [0.4, 0.5) is 17.1 Å². The van der Waals surface area contributed by atoms with Crippen molar-refractivity contribution < 1.29 is 22.9 Å². The lowest BCUT2D eigenvalue weighted by Gasteiger charge is -2.12. The Morgan fingerprint density at radius 1 is 0.897 bits per heavy atom. The number of rotatable bonds is 10. The van der Waals surface area contributed by atoms with E-state index in [1.54, 1.807) is 66.7 Å². The molecule has 1 amide bonds. The Bertz CT molecular complexity index is 1600. The van der Waals surface area contributed by atoms with Crippen molar-refractivity contribution in [3.63, 3.8) is 0 Å². The minimum atomic E-state index is -3.86. The normalized spacial score (nSPS) is 11.5. The van der Waals surface area contributed by atoms with Crippen LogP contribution in [-0.4, -0.2) is 25.9 Å². The number of non-ortho nitro benzene ring substituents is 1. The van der Waals surface area contributed by atoms with Gasteiger partial charge >= 0.3 is 0 Å². The summed E-state index contributed by atoms with van der Waals surface area (Å²) < 4.78 is 33.5. The molecule has 0 saturated carbocycles. The molecule has 0 bridgehead atoms. The van der Waals surface area contributed by atoms with E-state index >= 15 is 0 Å². The number of anilines is 2. The van der Waals surface area contributed by atoms with Crippen LogP contribution in [0.3, 0.4) is 0 Å². The number of sulfonamides is 1. The highest BCUT2D eigenvalue weighted by molar-refractivity contribution is 7.92. The van der Waals surface area contributed by atoms with Gasteiger partial charge in [-0.3, -0.25) is 19.6 Å². The third-order valence-electron chi connectivity index (χ3n) is 5.56. The van der Waals surface area contributed by atoms with Crippen LogP contribution < -0.4 is 14.8 Å². The van der Waals surface area contributed by atoms with E-state index in [0.717, 1.165) is 0 Å². The summed E-state index contributed by atoms with van der Waals surface area (Å²) in [5.41, 5.74) is 2.05. The average molecular weight is 544 g/mol. The molecule has 0 aliphatic heterocycles. The molecule has 0 fully saturated rings. The number of ether oxygens (including phenoxy) is 1. The van der Waals surface area contributed by atoms with Gasteiger partial charge in [0.05, 0.1) is 16.4 Å². The molecule has 0 aromatic heterocycles. The van der Waals surface area contributed by atoms with Crippen LogP contribution in [0, 0.1) is 10.1 Å². The van der Waals surface area contributed by atoms with E-state index in [2.05, 4.69) is 10.0 Å². The summed E-state index contributed by atoms with van der Waals surface area (Å²) in [6.45, 7) is 2.37. The summed E-state index contributed by atoms with van der Waals surface area (Å²) in [6, 6.07) is 27.2. The number of benzene rings is 4. The molecule has 0 heterocycles. The molecule has 198 valence electrons. The summed E-state index contributed by atoms with van der Waals surface area (Å²) in [4.78, 5) is 24.0. The molecule has 9 nitrogen and oxygen atoms in total. The molecule has 0 saturated heterocycles. The quantitative estimate of drug-likeness (QED) is 0.110. The van der Waals surface area contributed by atoms with Gasteiger partial charge in [-0.1, -0.05) is 42.5 Å². The van der Waals surface area contributed by atoms with E-state index in [9.17, 15) is 23.3 Å². The summed E-state index contributed by atoms with van der Waals surface area (Å²) in [5, 5.41) is 13.9. The molecule has 4 aromatic carbocycles. The standard InChI is InChI=1S/C29H25N3O6S/c1-2-38-26-15-11-24(12-16-26)31-39(36,37)27-17-13-23(14-18-27)30-29(33)28(22-8-4-3-5-9-22)20-21-7-6-10-25(19-21)32(34)35/h3-20,31H,2H2,1H3,(H,30,33)/b28-20+. The van der Waals surface area contributed by atoms with E-state index in [0.29, 0.717) is 34.9 Å². The van der Waals surface area contributed by atoms with E-state index in [-0.39, 0.29) is 16.2 Å². The summed E-state index contributed by atoms with van der Waals surface area (Å²) >= 11 is 0. The number of carbonyl (C=O) groups is 1. The molecule has 0 aliphatic rings. The number of hydrogen-bond acceptors (Lipinski definition) is 6. The Morgan fingerprint density at radius 2 is 1.56 bits per heavy atom. The van der Waals surface area contributed by atoms with Gasteiger partial charge in [0, 0.05) is 29.1 Å². The Balaban J connectivity index is 1.53. The van der Waals surface area contributed by atoms with Gasteiger partial charge in [0.15, 0.2) is 0 Å². The lowest BCUT2D eigenvalue weighted by atomic mass is 10.0. The summed E-state index contributed by atoms with van der Waals surface area (Å²) in [5.74, 6) is 0.172. The number of amides is 1. The van der Waals surface area contributed by atoms with Crippen LogP contribution in [0.25, 0.3) is 11.6 Å². The lowest BCUT2D eigenvalue weighted by molar-refractivity contribution is -0.384. The van der Waals surface area contributed by atoms with Gasteiger partial charge < -0.3 is 10.1 Å². The Kier molecular flexibility index (Phi) is 8.37. The number of nitro groups is 1. The van der Waals surface area contributed by atoms with Gasteiger partial charge in [-0.25, -0.2) is 8.42 Å². The van der Waals surface area contributed by atoms with Gasteiger partial charge in [-0.2, -0.15) is 0 Å². The topological polar surface area (TPSA) is 128 Å². The fourth-order valence-corrected chi connectivity index (χ4v) is 4.77. The van der Waals surface area contributed by atoms with Crippen molar-refractivity contribution in [3.8, 4) is 5.75 Å². The fraction of sp³-hybridized carbons (Fsp3) is 0.0690. The maximum absolute atomic E-state index is 13.3. The fourth-order valence-electron chi connectivity index (χ4n) is 3.71. The largest absolute Gasteiger partial charge is 0.494 e. The zero-order valence-electron chi connectivity index (χ0n) is 20.9. The maximum Gasteiger partial charge on any atom is 0.270 e. The predicted molar refractivity (Wildman–Crippen MR) is 151 cm³/mol.